The standard InChI is InChI=1S/C11H20N6O/c1-8(2)9(17-5-3-4-6-17)7-12-11(18)10-13-15-16-14-10/h8-9H,3-7H2,1-2H3,(H,12,18)(H,13,14,15,16). The summed E-state index contributed by atoms with van der Waals surface area (Å²) >= 11 is 0. The molecule has 1 fully saturated rings. The Kier molecular flexibility index (Phi) is 4.24. The number of hydrogen-bond acceptors (Lipinski definition) is 5. The molecule has 0 radical (unpaired) electrons. The number of likely N-dealkylation sites (tertiary alicyclic amines) is 1. The summed E-state index contributed by atoms with van der Waals surface area (Å²) in [5.41, 5.74) is 0. The lowest BCUT2D eigenvalue weighted by Crippen LogP contribution is -2.45. The Morgan fingerprint density at radius 1 is 1.44 bits per heavy atom. The highest BCUT2D eigenvalue weighted by Gasteiger charge is 2.25. The summed E-state index contributed by atoms with van der Waals surface area (Å²) in [6.45, 7) is 7.25. The number of carbonyl (C=O) groups excluding carboxylic acids is 1. The van der Waals surface area contributed by atoms with Gasteiger partial charge in [0.2, 0.25) is 0 Å². The Morgan fingerprint density at radius 2 is 2.17 bits per heavy atom. The highest BCUT2D eigenvalue weighted by molar-refractivity contribution is 5.90. The SMILES string of the molecule is CC(C)C(CNC(=O)c1nn[nH]n1)N1CCCC1. The number of nitrogens with one attached hydrogen (secondary N) is 2. The first-order valence-electron chi connectivity index (χ1n) is 6.44. The first-order valence-corrected chi connectivity index (χ1v) is 6.44. The van der Waals surface area contributed by atoms with Crippen LogP contribution in [0.15, 0.2) is 0 Å². The highest BCUT2D eigenvalue weighted by Crippen LogP contribution is 2.17. The van der Waals surface area contributed by atoms with Crippen molar-refractivity contribution in [2.45, 2.75) is 32.7 Å². The molecule has 2 N–H and O–H groups in total. The number of carbonyl (C=O) groups is 1. The van der Waals surface area contributed by atoms with Gasteiger partial charge in [-0.2, -0.15) is 5.21 Å². The summed E-state index contributed by atoms with van der Waals surface area (Å²) in [4.78, 5) is 14.2. The van der Waals surface area contributed by atoms with Gasteiger partial charge in [-0.05, 0) is 37.1 Å². The zero-order valence-corrected chi connectivity index (χ0v) is 10.9. The van der Waals surface area contributed by atoms with Crippen LogP contribution in [0.3, 0.4) is 0 Å². The average Bonchev–Trinajstić information content (AvgIpc) is 3.01. The van der Waals surface area contributed by atoms with Crippen LogP contribution in [0, 0.1) is 5.92 Å². The number of tetrazole rings is 1. The molecule has 2 rings (SSSR count). The van der Waals surface area contributed by atoms with Gasteiger partial charge in [-0.1, -0.05) is 13.8 Å². The first kappa shape index (κ1) is 12.9. The van der Waals surface area contributed by atoms with E-state index in [2.05, 4.69) is 44.7 Å². The normalized spacial score (nSPS) is 18.2. The molecule has 1 unspecified atom stereocenters. The third-order valence-electron chi connectivity index (χ3n) is 3.40. The largest absolute Gasteiger partial charge is 0.348 e. The van der Waals surface area contributed by atoms with Gasteiger partial charge in [0.15, 0.2) is 0 Å². The van der Waals surface area contributed by atoms with Crippen LogP contribution in [-0.4, -0.2) is 57.1 Å². The fourth-order valence-corrected chi connectivity index (χ4v) is 2.39. The molecule has 0 spiro atoms. The van der Waals surface area contributed by atoms with Crippen LogP contribution in [-0.2, 0) is 0 Å². The van der Waals surface area contributed by atoms with Crippen LogP contribution in [0.2, 0.25) is 0 Å². The predicted molar refractivity (Wildman–Crippen MR) is 65.9 cm³/mol. The van der Waals surface area contributed by atoms with E-state index in [1.165, 1.54) is 12.8 Å². The molecule has 0 saturated carbocycles. The van der Waals surface area contributed by atoms with Crippen LogP contribution < -0.4 is 5.32 Å². The van der Waals surface area contributed by atoms with E-state index in [0.29, 0.717) is 18.5 Å². The van der Waals surface area contributed by atoms with Gasteiger partial charge in [0.05, 0.1) is 0 Å². The zero-order chi connectivity index (χ0) is 13.0. The molecule has 18 heavy (non-hydrogen) atoms. The maximum absolute atomic E-state index is 11.7. The molecule has 2 heterocycles. The van der Waals surface area contributed by atoms with E-state index >= 15 is 0 Å². The summed E-state index contributed by atoms with van der Waals surface area (Å²) in [6, 6.07) is 0.378. The van der Waals surface area contributed by atoms with Crippen molar-refractivity contribution in [2.75, 3.05) is 19.6 Å². The van der Waals surface area contributed by atoms with Crippen molar-refractivity contribution in [3.05, 3.63) is 5.82 Å². The van der Waals surface area contributed by atoms with Gasteiger partial charge in [-0.25, -0.2) is 0 Å². The molecule has 0 bridgehead atoms. The van der Waals surface area contributed by atoms with E-state index in [1.807, 2.05) is 0 Å². The molecular weight excluding hydrogens is 232 g/mol. The van der Waals surface area contributed by atoms with Gasteiger partial charge in [0.25, 0.3) is 11.7 Å². The molecule has 1 atom stereocenters. The molecular formula is C11H20N6O. The van der Waals surface area contributed by atoms with Crippen LogP contribution in [0.25, 0.3) is 0 Å². The lowest BCUT2D eigenvalue weighted by Gasteiger charge is -2.30. The van der Waals surface area contributed by atoms with Gasteiger partial charge in [-0.15, -0.1) is 10.2 Å². The Morgan fingerprint density at radius 3 is 2.72 bits per heavy atom. The summed E-state index contributed by atoms with van der Waals surface area (Å²) in [5, 5.41) is 15.9. The van der Waals surface area contributed by atoms with E-state index in [-0.39, 0.29) is 11.7 Å². The summed E-state index contributed by atoms with van der Waals surface area (Å²) < 4.78 is 0. The van der Waals surface area contributed by atoms with E-state index in [9.17, 15) is 4.79 Å². The average molecular weight is 252 g/mol. The molecule has 100 valence electrons. The molecule has 1 saturated heterocycles. The predicted octanol–water partition coefficient (Wildman–Crippen LogP) is 0.0499. The minimum absolute atomic E-state index is 0.0962. The van der Waals surface area contributed by atoms with Crippen molar-refractivity contribution in [1.29, 1.82) is 0 Å². The van der Waals surface area contributed by atoms with Crippen molar-refractivity contribution < 1.29 is 4.79 Å². The third kappa shape index (κ3) is 3.04. The second-order valence-corrected chi connectivity index (χ2v) is 5.00. The van der Waals surface area contributed by atoms with E-state index in [1.54, 1.807) is 0 Å². The second-order valence-electron chi connectivity index (χ2n) is 5.00. The fraction of sp³-hybridized carbons (Fsp3) is 0.818. The molecule has 1 aromatic heterocycles. The number of rotatable bonds is 5. The van der Waals surface area contributed by atoms with Crippen molar-refractivity contribution in [3.63, 3.8) is 0 Å². The number of aromatic amines is 1. The molecule has 7 nitrogen and oxygen atoms in total. The van der Waals surface area contributed by atoms with Crippen molar-refractivity contribution in [2.24, 2.45) is 5.92 Å². The van der Waals surface area contributed by atoms with Gasteiger partial charge >= 0.3 is 0 Å². The Bertz CT molecular complexity index is 371. The topological polar surface area (TPSA) is 86.8 Å². The van der Waals surface area contributed by atoms with Gasteiger partial charge in [0.1, 0.15) is 0 Å². The lowest BCUT2D eigenvalue weighted by molar-refractivity contribution is 0.0917. The summed E-state index contributed by atoms with van der Waals surface area (Å²) in [7, 11) is 0. The van der Waals surface area contributed by atoms with E-state index < -0.39 is 0 Å². The van der Waals surface area contributed by atoms with Crippen molar-refractivity contribution in [3.8, 4) is 0 Å². The van der Waals surface area contributed by atoms with E-state index in [0.717, 1.165) is 13.1 Å². The monoisotopic (exact) mass is 252 g/mol. The maximum Gasteiger partial charge on any atom is 0.292 e. The molecule has 0 aliphatic carbocycles. The van der Waals surface area contributed by atoms with Crippen LogP contribution in [0.1, 0.15) is 37.3 Å². The van der Waals surface area contributed by atoms with E-state index in [4.69, 9.17) is 0 Å². The first-order chi connectivity index (χ1) is 8.68. The Balaban J connectivity index is 1.87. The smallest absolute Gasteiger partial charge is 0.292 e. The minimum atomic E-state index is -0.270. The number of amides is 1. The fourth-order valence-electron chi connectivity index (χ4n) is 2.39. The lowest BCUT2D eigenvalue weighted by atomic mass is 10.0. The third-order valence-corrected chi connectivity index (χ3v) is 3.40. The van der Waals surface area contributed by atoms with Crippen molar-refractivity contribution >= 4 is 5.91 Å². The Labute approximate surface area is 106 Å². The summed E-state index contributed by atoms with van der Waals surface area (Å²) in [6.07, 6.45) is 2.50. The molecule has 1 aromatic rings. The number of H-pyrrole nitrogens is 1. The van der Waals surface area contributed by atoms with Gasteiger partial charge < -0.3 is 5.32 Å². The molecule has 0 aromatic carbocycles. The molecule has 1 aliphatic heterocycles. The number of nitrogens with zero attached hydrogens (tertiary/aromatic N) is 4. The van der Waals surface area contributed by atoms with Crippen LogP contribution in [0.5, 0.6) is 0 Å². The van der Waals surface area contributed by atoms with Gasteiger partial charge in [0, 0.05) is 12.6 Å². The second kappa shape index (κ2) is 5.90. The quantitative estimate of drug-likeness (QED) is 0.773. The minimum Gasteiger partial charge on any atom is -0.348 e. The van der Waals surface area contributed by atoms with Crippen LogP contribution in [0.4, 0.5) is 0 Å². The molecule has 1 aliphatic rings. The van der Waals surface area contributed by atoms with Crippen molar-refractivity contribution in [1.82, 2.24) is 30.8 Å². The van der Waals surface area contributed by atoms with Gasteiger partial charge in [-0.3, -0.25) is 9.69 Å². The molecule has 1 amide bonds. The van der Waals surface area contributed by atoms with Crippen LogP contribution >= 0.6 is 0 Å². The number of hydrogen-bond donors (Lipinski definition) is 2. The zero-order valence-electron chi connectivity index (χ0n) is 10.9. The maximum atomic E-state index is 11.7. The number of aromatic nitrogens is 4. The Hall–Kier alpha value is -1.50. The summed E-state index contributed by atoms with van der Waals surface area (Å²) in [5.74, 6) is 0.334. The highest BCUT2D eigenvalue weighted by atomic mass is 16.2. The molecule has 7 heteroatoms.